The summed E-state index contributed by atoms with van der Waals surface area (Å²) in [5.41, 5.74) is 2.94. The van der Waals surface area contributed by atoms with Crippen LogP contribution in [-0.2, 0) is 11.8 Å². The van der Waals surface area contributed by atoms with Gasteiger partial charge in [-0.2, -0.15) is 0 Å². The van der Waals surface area contributed by atoms with Crippen LogP contribution in [0.25, 0.3) is 11.0 Å². The SMILES string of the molecule is COc1ccc(NC(=O)C2CCN(c3nc4ccccc4n3C)CC2)cc1. The largest absolute Gasteiger partial charge is 0.497 e. The second-order valence-corrected chi connectivity index (χ2v) is 6.94. The standard InChI is InChI=1S/C21H24N4O2/c1-24-19-6-4-3-5-18(19)23-21(24)25-13-11-15(12-14-25)20(26)22-16-7-9-17(27-2)10-8-16/h3-10,15H,11-14H2,1-2H3,(H,22,26). The highest BCUT2D eigenvalue weighted by Crippen LogP contribution is 2.26. The Morgan fingerprint density at radius 2 is 1.81 bits per heavy atom. The Labute approximate surface area is 158 Å². The van der Waals surface area contributed by atoms with Crippen LogP contribution in [0.2, 0.25) is 0 Å². The first kappa shape index (κ1) is 17.4. The molecule has 2 heterocycles. The van der Waals surface area contributed by atoms with E-state index >= 15 is 0 Å². The second-order valence-electron chi connectivity index (χ2n) is 6.94. The molecule has 1 N–H and O–H groups in total. The number of imidazole rings is 1. The van der Waals surface area contributed by atoms with Gasteiger partial charge in [-0.1, -0.05) is 12.1 Å². The van der Waals surface area contributed by atoms with E-state index in [2.05, 4.69) is 20.9 Å². The first-order valence-electron chi connectivity index (χ1n) is 9.27. The quantitative estimate of drug-likeness (QED) is 0.770. The molecule has 6 nitrogen and oxygen atoms in total. The van der Waals surface area contributed by atoms with Crippen molar-refractivity contribution < 1.29 is 9.53 Å². The highest BCUT2D eigenvalue weighted by atomic mass is 16.5. The zero-order valence-electron chi connectivity index (χ0n) is 15.7. The van der Waals surface area contributed by atoms with E-state index in [1.807, 2.05) is 49.5 Å². The molecule has 4 rings (SSSR count). The van der Waals surface area contributed by atoms with E-state index in [0.717, 1.165) is 54.3 Å². The minimum Gasteiger partial charge on any atom is -0.497 e. The third kappa shape index (κ3) is 3.47. The number of amides is 1. The molecular weight excluding hydrogens is 340 g/mol. The molecule has 0 saturated carbocycles. The number of nitrogens with one attached hydrogen (secondary N) is 1. The predicted molar refractivity (Wildman–Crippen MR) is 107 cm³/mol. The number of hydrogen-bond donors (Lipinski definition) is 1. The van der Waals surface area contributed by atoms with E-state index in [9.17, 15) is 4.79 Å². The summed E-state index contributed by atoms with van der Waals surface area (Å²) in [6, 6.07) is 15.6. The van der Waals surface area contributed by atoms with Gasteiger partial charge in [-0.3, -0.25) is 4.79 Å². The Kier molecular flexibility index (Phi) is 4.71. The van der Waals surface area contributed by atoms with Crippen molar-refractivity contribution in [3.63, 3.8) is 0 Å². The summed E-state index contributed by atoms with van der Waals surface area (Å²) < 4.78 is 7.28. The van der Waals surface area contributed by atoms with Crippen molar-refractivity contribution in [2.24, 2.45) is 13.0 Å². The number of ether oxygens (including phenoxy) is 1. The number of aromatic nitrogens is 2. The number of para-hydroxylation sites is 2. The third-order valence-corrected chi connectivity index (χ3v) is 5.27. The van der Waals surface area contributed by atoms with Gasteiger partial charge in [0.15, 0.2) is 0 Å². The van der Waals surface area contributed by atoms with Crippen LogP contribution in [0.4, 0.5) is 11.6 Å². The topological polar surface area (TPSA) is 59.4 Å². The van der Waals surface area contributed by atoms with E-state index in [4.69, 9.17) is 9.72 Å². The average Bonchev–Trinajstić information content (AvgIpc) is 3.05. The number of fused-ring (bicyclic) bond motifs is 1. The zero-order valence-corrected chi connectivity index (χ0v) is 15.7. The number of nitrogens with zero attached hydrogens (tertiary/aromatic N) is 3. The molecule has 1 aliphatic heterocycles. The molecule has 1 aromatic heterocycles. The Bertz CT molecular complexity index is 940. The fourth-order valence-corrected chi connectivity index (χ4v) is 3.68. The lowest BCUT2D eigenvalue weighted by Gasteiger charge is -2.32. The van der Waals surface area contributed by atoms with Crippen molar-refractivity contribution in [2.45, 2.75) is 12.8 Å². The van der Waals surface area contributed by atoms with Crippen LogP contribution in [0.1, 0.15) is 12.8 Å². The van der Waals surface area contributed by atoms with Gasteiger partial charge in [0, 0.05) is 31.7 Å². The van der Waals surface area contributed by atoms with E-state index in [0.29, 0.717) is 0 Å². The summed E-state index contributed by atoms with van der Waals surface area (Å²) in [6.07, 6.45) is 1.65. The number of benzene rings is 2. The van der Waals surface area contributed by atoms with Crippen LogP contribution < -0.4 is 15.0 Å². The van der Waals surface area contributed by atoms with E-state index in [1.54, 1.807) is 7.11 Å². The highest BCUT2D eigenvalue weighted by Gasteiger charge is 2.27. The molecule has 1 amide bonds. The lowest BCUT2D eigenvalue weighted by molar-refractivity contribution is -0.120. The Balaban J connectivity index is 1.39. The number of carbonyl (C=O) groups is 1. The number of hydrogen-bond acceptors (Lipinski definition) is 4. The lowest BCUT2D eigenvalue weighted by atomic mass is 9.96. The molecular formula is C21H24N4O2. The van der Waals surface area contributed by atoms with E-state index in [1.165, 1.54) is 0 Å². The first-order chi connectivity index (χ1) is 13.2. The van der Waals surface area contributed by atoms with Gasteiger partial charge in [0.1, 0.15) is 5.75 Å². The van der Waals surface area contributed by atoms with Gasteiger partial charge < -0.3 is 19.5 Å². The molecule has 0 unspecified atom stereocenters. The maximum atomic E-state index is 12.6. The van der Waals surface area contributed by atoms with Crippen LogP contribution in [-0.4, -0.2) is 35.7 Å². The minimum absolute atomic E-state index is 0.0260. The normalized spacial score (nSPS) is 15.1. The Morgan fingerprint density at radius 3 is 2.48 bits per heavy atom. The van der Waals surface area contributed by atoms with Crippen molar-refractivity contribution >= 4 is 28.6 Å². The van der Waals surface area contributed by atoms with Gasteiger partial charge in [0.2, 0.25) is 11.9 Å². The molecule has 0 radical (unpaired) electrons. The molecule has 2 aromatic carbocycles. The molecule has 1 aliphatic rings. The fraction of sp³-hybridized carbons (Fsp3) is 0.333. The predicted octanol–water partition coefficient (Wildman–Crippen LogP) is 3.44. The van der Waals surface area contributed by atoms with Crippen LogP contribution in [0.15, 0.2) is 48.5 Å². The van der Waals surface area contributed by atoms with Crippen LogP contribution in [0.3, 0.4) is 0 Å². The maximum Gasteiger partial charge on any atom is 0.227 e. The number of piperidine rings is 1. The second kappa shape index (κ2) is 7.31. The summed E-state index contributed by atoms with van der Waals surface area (Å²) in [6.45, 7) is 1.66. The van der Waals surface area contributed by atoms with Crippen molar-refractivity contribution in [1.82, 2.24) is 9.55 Å². The smallest absolute Gasteiger partial charge is 0.227 e. The molecule has 3 aromatic rings. The zero-order chi connectivity index (χ0) is 18.8. The molecule has 0 spiro atoms. The number of methoxy groups -OCH3 is 1. The lowest BCUT2D eigenvalue weighted by Crippen LogP contribution is -2.39. The van der Waals surface area contributed by atoms with Gasteiger partial charge in [-0.15, -0.1) is 0 Å². The van der Waals surface area contributed by atoms with Gasteiger partial charge in [0.25, 0.3) is 0 Å². The number of carbonyl (C=O) groups excluding carboxylic acids is 1. The molecule has 140 valence electrons. The summed E-state index contributed by atoms with van der Waals surface area (Å²) in [4.78, 5) is 19.6. The molecule has 1 saturated heterocycles. The molecule has 0 bridgehead atoms. The number of anilines is 2. The van der Waals surface area contributed by atoms with Gasteiger partial charge in [-0.05, 0) is 49.2 Å². The summed E-state index contributed by atoms with van der Waals surface area (Å²) >= 11 is 0. The van der Waals surface area contributed by atoms with Gasteiger partial charge in [0.05, 0.1) is 18.1 Å². The Hall–Kier alpha value is -3.02. The average molecular weight is 364 g/mol. The Morgan fingerprint density at radius 1 is 1.11 bits per heavy atom. The molecule has 0 aliphatic carbocycles. The summed E-state index contributed by atoms with van der Waals surface area (Å²) in [5, 5.41) is 3.02. The van der Waals surface area contributed by atoms with Crippen LogP contribution >= 0.6 is 0 Å². The highest BCUT2D eigenvalue weighted by molar-refractivity contribution is 5.92. The van der Waals surface area contributed by atoms with E-state index < -0.39 is 0 Å². The maximum absolute atomic E-state index is 12.6. The third-order valence-electron chi connectivity index (χ3n) is 5.27. The van der Waals surface area contributed by atoms with Gasteiger partial charge >= 0.3 is 0 Å². The van der Waals surface area contributed by atoms with E-state index in [-0.39, 0.29) is 11.8 Å². The first-order valence-corrected chi connectivity index (χ1v) is 9.27. The number of aryl methyl sites for hydroxylation is 1. The molecule has 1 fully saturated rings. The molecule has 0 atom stereocenters. The van der Waals surface area contributed by atoms with Crippen molar-refractivity contribution in [1.29, 1.82) is 0 Å². The van der Waals surface area contributed by atoms with Crippen LogP contribution in [0.5, 0.6) is 5.75 Å². The summed E-state index contributed by atoms with van der Waals surface area (Å²) in [5.74, 6) is 1.87. The fourth-order valence-electron chi connectivity index (χ4n) is 3.68. The number of rotatable bonds is 4. The monoisotopic (exact) mass is 364 g/mol. The van der Waals surface area contributed by atoms with Crippen LogP contribution in [0, 0.1) is 5.92 Å². The van der Waals surface area contributed by atoms with Crippen molar-refractivity contribution in [2.75, 3.05) is 30.4 Å². The van der Waals surface area contributed by atoms with Gasteiger partial charge in [-0.25, -0.2) is 4.98 Å². The van der Waals surface area contributed by atoms with Crippen molar-refractivity contribution in [3.8, 4) is 5.75 Å². The summed E-state index contributed by atoms with van der Waals surface area (Å²) in [7, 11) is 3.68. The molecule has 27 heavy (non-hydrogen) atoms. The van der Waals surface area contributed by atoms with Crippen molar-refractivity contribution in [3.05, 3.63) is 48.5 Å². The molecule has 6 heteroatoms. The minimum atomic E-state index is 0.0260.